The van der Waals surface area contributed by atoms with Crippen molar-refractivity contribution in [1.82, 2.24) is 19.8 Å². The zero-order chi connectivity index (χ0) is 35.8. The minimum atomic E-state index is -1.09. The number of carbonyl (C=O) groups excluding carboxylic acids is 1. The molecule has 4 aliphatic heterocycles. The van der Waals surface area contributed by atoms with E-state index in [1.54, 1.807) is 11.0 Å². The van der Waals surface area contributed by atoms with Crippen molar-refractivity contribution in [2.75, 3.05) is 56.5 Å². The number of aliphatic hydroxyl groups excluding tert-OH is 1. The number of benzene rings is 2. The summed E-state index contributed by atoms with van der Waals surface area (Å²) in [5.74, 6) is -1.28. The molecule has 10 nitrogen and oxygen atoms in total. The summed E-state index contributed by atoms with van der Waals surface area (Å²) in [5.41, 5.74) is 5.45. The number of nitrogens with two attached hydrogens (primary N) is 1. The fourth-order valence-electron chi connectivity index (χ4n) is 8.86. The highest BCUT2D eigenvalue weighted by molar-refractivity contribution is 7.23. The van der Waals surface area contributed by atoms with Crippen LogP contribution >= 0.6 is 22.9 Å². The number of anilines is 2. The summed E-state index contributed by atoms with van der Waals surface area (Å²) in [6.07, 6.45) is 2.58. The van der Waals surface area contributed by atoms with E-state index < -0.39 is 29.4 Å². The maximum atomic E-state index is 17.2. The molecular formula is C36H37ClF3N7O3S. The Kier molecular flexibility index (Phi) is 8.48. The number of aromatic nitrogens is 2. The van der Waals surface area contributed by atoms with Gasteiger partial charge in [0.2, 0.25) is 0 Å². The number of alkyl halides is 1. The first-order chi connectivity index (χ1) is 24.4. The van der Waals surface area contributed by atoms with Gasteiger partial charge in [-0.3, -0.25) is 9.69 Å². The predicted octanol–water partition coefficient (Wildman–Crippen LogP) is 6.05. The molecule has 0 aliphatic carbocycles. The molecule has 6 heterocycles. The van der Waals surface area contributed by atoms with E-state index in [1.165, 1.54) is 19.1 Å². The highest BCUT2D eigenvalue weighted by atomic mass is 35.5. The first-order valence-corrected chi connectivity index (χ1v) is 18.5. The number of amides is 1. The fourth-order valence-corrected chi connectivity index (χ4v) is 10.1. The molecule has 0 bridgehead atoms. The van der Waals surface area contributed by atoms with Crippen molar-refractivity contribution >= 4 is 60.7 Å². The van der Waals surface area contributed by atoms with Crippen LogP contribution < -0.4 is 15.4 Å². The number of nitrogen functional groups attached to an aromatic ring is 1. The molecule has 1 amide bonds. The van der Waals surface area contributed by atoms with Crippen molar-refractivity contribution in [2.24, 2.45) is 5.41 Å². The second kappa shape index (κ2) is 12.6. The Bertz CT molecular complexity index is 2120. The van der Waals surface area contributed by atoms with Gasteiger partial charge < -0.3 is 25.4 Å². The van der Waals surface area contributed by atoms with Gasteiger partial charge in [0.1, 0.15) is 47.1 Å². The molecule has 2 aromatic carbocycles. The summed E-state index contributed by atoms with van der Waals surface area (Å²) in [4.78, 5) is 27.9. The molecule has 268 valence electrons. The first kappa shape index (κ1) is 34.2. The van der Waals surface area contributed by atoms with Gasteiger partial charge in [0.25, 0.3) is 5.91 Å². The van der Waals surface area contributed by atoms with E-state index in [1.807, 2.05) is 6.07 Å². The smallest absolute Gasteiger partial charge is 0.319 e. The molecule has 0 saturated carbocycles. The molecule has 51 heavy (non-hydrogen) atoms. The number of thiophene rings is 1. The van der Waals surface area contributed by atoms with Crippen LogP contribution in [0.15, 0.2) is 18.2 Å². The number of ether oxygens (including phenoxy) is 1. The van der Waals surface area contributed by atoms with Crippen LogP contribution in [0, 0.1) is 28.4 Å². The SMILES string of the molecule is C[C@@H](O)C(=O)N1CC2(CCCCN(c3nc(OC[C@@]45CCCN4C[C@H](F)C5)nc4c(F)c(-c5ccc(F)c6sc(N)c(C#N)c56)c(Cl)cc34)C2)C1. The number of fused-ring (bicyclic) bond motifs is 3. The van der Waals surface area contributed by atoms with Crippen molar-refractivity contribution in [3.8, 4) is 23.2 Å². The summed E-state index contributed by atoms with van der Waals surface area (Å²) in [7, 11) is 0. The van der Waals surface area contributed by atoms with E-state index in [4.69, 9.17) is 27.1 Å². The lowest BCUT2D eigenvalue weighted by Crippen LogP contribution is -2.63. The van der Waals surface area contributed by atoms with Gasteiger partial charge in [-0.05, 0) is 56.8 Å². The Labute approximate surface area is 301 Å². The first-order valence-electron chi connectivity index (χ1n) is 17.3. The van der Waals surface area contributed by atoms with E-state index in [9.17, 15) is 23.9 Å². The number of rotatable bonds is 6. The standard InChI is InChI=1S/C36H37ClF3N7O3S/c1-19(48)33(49)46-16-35(17-46)7-2-3-9-45(15-35)32-22-11-24(37)27(21-5-6-25(39)30-26(21)23(13-41)31(42)51-30)28(40)29(22)43-34(44-32)50-18-36-8-4-10-47(36)14-20(38)12-36/h5-6,11,19-20,48H,2-4,7-10,12,14-18,42H2,1H3/t19-,20-,36+/m1/s1. The van der Waals surface area contributed by atoms with Crippen LogP contribution in [0.5, 0.6) is 6.01 Å². The third-order valence-electron chi connectivity index (χ3n) is 11.2. The molecule has 2 aromatic heterocycles. The zero-order valence-electron chi connectivity index (χ0n) is 28.0. The van der Waals surface area contributed by atoms with Crippen LogP contribution in [0.2, 0.25) is 5.02 Å². The lowest BCUT2D eigenvalue weighted by molar-refractivity contribution is -0.151. The highest BCUT2D eigenvalue weighted by Gasteiger charge is 2.50. The van der Waals surface area contributed by atoms with E-state index in [0.717, 1.165) is 50.0 Å². The molecule has 0 radical (unpaired) electrons. The lowest BCUT2D eigenvalue weighted by Gasteiger charge is -2.51. The molecule has 3 N–H and O–H groups in total. The third-order valence-corrected chi connectivity index (χ3v) is 12.5. The van der Waals surface area contributed by atoms with Gasteiger partial charge >= 0.3 is 6.01 Å². The molecule has 4 fully saturated rings. The second-order valence-corrected chi connectivity index (χ2v) is 16.1. The monoisotopic (exact) mass is 739 g/mol. The molecular weight excluding hydrogens is 703 g/mol. The van der Waals surface area contributed by atoms with Crippen molar-refractivity contribution in [3.05, 3.63) is 40.4 Å². The Morgan fingerprint density at radius 3 is 2.78 bits per heavy atom. The Hall–Kier alpha value is -3.90. The Morgan fingerprint density at radius 2 is 2.02 bits per heavy atom. The van der Waals surface area contributed by atoms with Crippen molar-refractivity contribution in [3.63, 3.8) is 0 Å². The fraction of sp³-hybridized carbons (Fsp3) is 0.500. The van der Waals surface area contributed by atoms with Crippen molar-refractivity contribution in [1.29, 1.82) is 5.26 Å². The van der Waals surface area contributed by atoms with Gasteiger partial charge in [-0.25, -0.2) is 13.2 Å². The molecule has 4 saturated heterocycles. The van der Waals surface area contributed by atoms with Gasteiger partial charge in [-0.15, -0.1) is 11.3 Å². The van der Waals surface area contributed by atoms with E-state index in [0.29, 0.717) is 50.3 Å². The molecule has 15 heteroatoms. The van der Waals surface area contributed by atoms with Crippen molar-refractivity contribution < 1.29 is 27.8 Å². The van der Waals surface area contributed by atoms with Gasteiger partial charge in [-0.1, -0.05) is 24.1 Å². The van der Waals surface area contributed by atoms with Gasteiger partial charge in [-0.2, -0.15) is 15.2 Å². The maximum absolute atomic E-state index is 17.2. The molecule has 4 aromatic rings. The van der Waals surface area contributed by atoms with Crippen LogP contribution in [-0.4, -0.2) is 94.5 Å². The maximum Gasteiger partial charge on any atom is 0.319 e. The molecule has 0 unspecified atom stereocenters. The van der Waals surface area contributed by atoms with E-state index >= 15 is 4.39 Å². The van der Waals surface area contributed by atoms with Crippen LogP contribution in [0.25, 0.3) is 32.1 Å². The topological polar surface area (TPSA) is 132 Å². The summed E-state index contributed by atoms with van der Waals surface area (Å²) < 4.78 is 53.1. The number of halogens is 4. The van der Waals surface area contributed by atoms with Crippen LogP contribution in [-0.2, 0) is 4.79 Å². The molecule has 1 spiro atoms. The number of hydrogen-bond donors (Lipinski definition) is 2. The predicted molar refractivity (Wildman–Crippen MR) is 190 cm³/mol. The minimum absolute atomic E-state index is 0.0161. The van der Waals surface area contributed by atoms with E-state index in [2.05, 4.69) is 14.8 Å². The summed E-state index contributed by atoms with van der Waals surface area (Å²) in [6, 6.07) is 6.14. The normalized spacial score (nSPS) is 23.7. The second-order valence-electron chi connectivity index (χ2n) is 14.6. The number of likely N-dealkylation sites (tertiary alicyclic amines) is 1. The van der Waals surface area contributed by atoms with Crippen LogP contribution in [0.3, 0.4) is 0 Å². The number of hydrogen-bond acceptors (Lipinski definition) is 10. The van der Waals surface area contributed by atoms with E-state index in [-0.39, 0.29) is 66.3 Å². The summed E-state index contributed by atoms with van der Waals surface area (Å²) in [5, 5.41) is 20.4. The minimum Gasteiger partial charge on any atom is -0.461 e. The lowest BCUT2D eigenvalue weighted by atomic mass is 9.75. The Morgan fingerprint density at radius 1 is 1.22 bits per heavy atom. The van der Waals surface area contributed by atoms with Crippen LogP contribution in [0.4, 0.5) is 24.0 Å². The van der Waals surface area contributed by atoms with Crippen LogP contribution in [0.1, 0.15) is 51.0 Å². The quantitative estimate of drug-likeness (QED) is 0.243. The summed E-state index contributed by atoms with van der Waals surface area (Å²) in [6.45, 7) is 4.79. The molecule has 3 atom stereocenters. The van der Waals surface area contributed by atoms with Gasteiger partial charge in [0.15, 0.2) is 5.82 Å². The Balaban J connectivity index is 1.25. The van der Waals surface area contributed by atoms with Gasteiger partial charge in [0, 0.05) is 60.9 Å². The molecule has 8 rings (SSSR count). The number of nitrogens with zero attached hydrogens (tertiary/aromatic N) is 6. The van der Waals surface area contributed by atoms with Gasteiger partial charge in [0.05, 0.1) is 20.8 Å². The van der Waals surface area contributed by atoms with Crippen molar-refractivity contribution in [2.45, 2.75) is 63.3 Å². The molecule has 4 aliphatic rings. The number of nitriles is 1. The highest BCUT2D eigenvalue weighted by Crippen LogP contribution is 2.47. The third kappa shape index (κ3) is 5.64. The zero-order valence-corrected chi connectivity index (χ0v) is 29.6. The summed E-state index contributed by atoms with van der Waals surface area (Å²) >= 11 is 7.82. The average Bonchev–Trinajstić information content (AvgIpc) is 3.66. The number of aliphatic hydroxyl groups is 1. The largest absolute Gasteiger partial charge is 0.461 e. The number of carbonyl (C=O) groups is 1. The average molecular weight is 740 g/mol.